The lowest BCUT2D eigenvalue weighted by molar-refractivity contribution is -0.162. The highest BCUT2D eigenvalue weighted by Gasteiger charge is 2.69. The molecular weight excluding hydrogens is 304 g/mol. The van der Waals surface area contributed by atoms with Crippen LogP contribution in [0.2, 0.25) is 0 Å². The molecular formula is C20H30O4. The third-order valence-electron chi connectivity index (χ3n) is 7.19. The quantitative estimate of drug-likeness (QED) is 0.740. The molecule has 1 saturated heterocycles. The zero-order valence-corrected chi connectivity index (χ0v) is 15.6. The van der Waals surface area contributed by atoms with Crippen molar-refractivity contribution in [3.63, 3.8) is 0 Å². The van der Waals surface area contributed by atoms with Crippen molar-refractivity contribution in [2.24, 2.45) is 39.9 Å². The Balaban J connectivity index is 1.47. The number of ether oxygens (including phenoxy) is 2. The first kappa shape index (κ1) is 16.4. The number of esters is 2. The first-order chi connectivity index (χ1) is 11.0. The van der Waals surface area contributed by atoms with Crippen LogP contribution >= 0.6 is 0 Å². The zero-order valence-electron chi connectivity index (χ0n) is 15.6. The molecule has 2 bridgehead atoms. The summed E-state index contributed by atoms with van der Waals surface area (Å²) in [5.74, 6) is 1.01. The normalized spacial score (nSPS) is 45.0. The van der Waals surface area contributed by atoms with E-state index in [4.69, 9.17) is 9.47 Å². The SMILES string of the molecule is CC(C)(C)CC1(C(=O)OC2CC3CC2C2COC(=O)C32)CC1(C)C. The highest BCUT2D eigenvalue weighted by Crippen LogP contribution is 2.69. The Hall–Kier alpha value is -1.06. The molecule has 4 rings (SSSR count). The van der Waals surface area contributed by atoms with Gasteiger partial charge in [-0.3, -0.25) is 9.59 Å². The van der Waals surface area contributed by atoms with E-state index < -0.39 is 0 Å². The topological polar surface area (TPSA) is 52.6 Å². The van der Waals surface area contributed by atoms with Crippen molar-refractivity contribution in [1.29, 1.82) is 0 Å². The van der Waals surface area contributed by atoms with E-state index in [0.717, 1.165) is 25.7 Å². The van der Waals surface area contributed by atoms with Gasteiger partial charge in [0.05, 0.1) is 17.9 Å². The van der Waals surface area contributed by atoms with E-state index in [0.29, 0.717) is 18.4 Å². The summed E-state index contributed by atoms with van der Waals surface area (Å²) >= 11 is 0. The first-order valence-corrected chi connectivity index (χ1v) is 9.42. The highest BCUT2D eigenvalue weighted by molar-refractivity contribution is 5.82. The molecule has 4 nitrogen and oxygen atoms in total. The Bertz CT molecular complexity index is 587. The van der Waals surface area contributed by atoms with Crippen LogP contribution in [-0.2, 0) is 19.1 Å². The van der Waals surface area contributed by atoms with Crippen molar-refractivity contribution in [3.8, 4) is 0 Å². The summed E-state index contributed by atoms with van der Waals surface area (Å²) in [5, 5.41) is 0. The number of hydrogen-bond acceptors (Lipinski definition) is 4. The van der Waals surface area contributed by atoms with E-state index in [1.54, 1.807) is 0 Å². The van der Waals surface area contributed by atoms with Gasteiger partial charge in [0.1, 0.15) is 6.10 Å². The summed E-state index contributed by atoms with van der Waals surface area (Å²) in [6, 6.07) is 0. The van der Waals surface area contributed by atoms with Gasteiger partial charge in [-0.15, -0.1) is 0 Å². The molecule has 134 valence electrons. The van der Waals surface area contributed by atoms with Crippen LogP contribution in [-0.4, -0.2) is 24.6 Å². The summed E-state index contributed by atoms with van der Waals surface area (Å²) in [5.41, 5.74) is -0.184. The van der Waals surface area contributed by atoms with E-state index in [1.165, 1.54) is 0 Å². The van der Waals surface area contributed by atoms with Gasteiger partial charge in [-0.05, 0) is 42.4 Å². The number of carbonyl (C=O) groups is 2. The van der Waals surface area contributed by atoms with Gasteiger partial charge in [-0.2, -0.15) is 0 Å². The first-order valence-electron chi connectivity index (χ1n) is 9.42. The maximum Gasteiger partial charge on any atom is 0.312 e. The Kier molecular flexibility index (Phi) is 3.26. The zero-order chi connectivity index (χ0) is 17.5. The molecule has 3 saturated carbocycles. The molecule has 0 aromatic rings. The largest absolute Gasteiger partial charge is 0.465 e. The van der Waals surface area contributed by atoms with Crippen LogP contribution in [0, 0.1) is 39.9 Å². The van der Waals surface area contributed by atoms with Gasteiger partial charge in [-0.1, -0.05) is 34.6 Å². The van der Waals surface area contributed by atoms with Crippen molar-refractivity contribution in [1.82, 2.24) is 0 Å². The van der Waals surface area contributed by atoms with Gasteiger partial charge in [0, 0.05) is 11.8 Å². The minimum Gasteiger partial charge on any atom is -0.465 e. The lowest BCUT2D eigenvalue weighted by Crippen LogP contribution is -2.38. The molecule has 1 aliphatic heterocycles. The third kappa shape index (κ3) is 2.24. The maximum atomic E-state index is 13.1. The second-order valence-corrected chi connectivity index (χ2v) is 10.5. The highest BCUT2D eigenvalue weighted by atomic mass is 16.6. The van der Waals surface area contributed by atoms with Crippen LogP contribution in [0.1, 0.15) is 60.3 Å². The summed E-state index contributed by atoms with van der Waals surface area (Å²) in [7, 11) is 0. The summed E-state index contributed by atoms with van der Waals surface area (Å²) < 4.78 is 11.3. The molecule has 0 radical (unpaired) electrons. The fraction of sp³-hybridized carbons (Fsp3) is 0.900. The van der Waals surface area contributed by atoms with Gasteiger partial charge < -0.3 is 9.47 Å². The summed E-state index contributed by atoms with van der Waals surface area (Å²) in [6.07, 6.45) is 3.66. The fourth-order valence-electron chi connectivity index (χ4n) is 6.02. The fourth-order valence-corrected chi connectivity index (χ4v) is 6.02. The van der Waals surface area contributed by atoms with Crippen LogP contribution < -0.4 is 0 Å². The molecule has 6 unspecified atom stereocenters. The number of fused-ring (bicyclic) bond motifs is 5. The van der Waals surface area contributed by atoms with Gasteiger partial charge in [-0.25, -0.2) is 0 Å². The Morgan fingerprint density at radius 2 is 1.92 bits per heavy atom. The Morgan fingerprint density at radius 1 is 1.25 bits per heavy atom. The molecule has 0 N–H and O–H groups in total. The predicted molar refractivity (Wildman–Crippen MR) is 88.9 cm³/mol. The van der Waals surface area contributed by atoms with Crippen molar-refractivity contribution >= 4 is 11.9 Å². The van der Waals surface area contributed by atoms with Crippen molar-refractivity contribution in [2.45, 2.75) is 66.4 Å². The average molecular weight is 334 g/mol. The van der Waals surface area contributed by atoms with E-state index in [-0.39, 0.29) is 46.1 Å². The molecule has 0 amide bonds. The lowest BCUT2D eigenvalue weighted by Gasteiger charge is -2.32. The predicted octanol–water partition coefficient (Wildman–Crippen LogP) is 3.58. The molecule has 6 atom stereocenters. The minimum atomic E-state index is -0.325. The van der Waals surface area contributed by atoms with Crippen LogP contribution in [0.25, 0.3) is 0 Å². The van der Waals surface area contributed by atoms with E-state index in [9.17, 15) is 9.59 Å². The van der Waals surface area contributed by atoms with Crippen LogP contribution in [0.3, 0.4) is 0 Å². The van der Waals surface area contributed by atoms with Gasteiger partial charge in [0.2, 0.25) is 0 Å². The Labute approximate surface area is 144 Å². The van der Waals surface area contributed by atoms with Crippen molar-refractivity contribution in [3.05, 3.63) is 0 Å². The molecule has 0 aromatic carbocycles. The average Bonchev–Trinajstić information content (AvgIpc) is 2.85. The Morgan fingerprint density at radius 3 is 2.50 bits per heavy atom. The molecule has 3 aliphatic carbocycles. The summed E-state index contributed by atoms with van der Waals surface area (Å²) in [4.78, 5) is 24.9. The molecule has 0 spiro atoms. The second-order valence-electron chi connectivity index (χ2n) is 10.5. The summed E-state index contributed by atoms with van der Waals surface area (Å²) in [6.45, 7) is 11.5. The molecule has 4 heteroatoms. The number of carbonyl (C=O) groups excluding carboxylic acids is 2. The molecule has 24 heavy (non-hydrogen) atoms. The third-order valence-corrected chi connectivity index (χ3v) is 7.19. The van der Waals surface area contributed by atoms with Gasteiger partial charge in [0.25, 0.3) is 0 Å². The van der Waals surface area contributed by atoms with Gasteiger partial charge in [0.15, 0.2) is 0 Å². The minimum absolute atomic E-state index is 0.00164. The molecule has 4 fully saturated rings. The smallest absolute Gasteiger partial charge is 0.312 e. The van der Waals surface area contributed by atoms with Crippen molar-refractivity contribution in [2.75, 3.05) is 6.61 Å². The number of rotatable bonds is 3. The van der Waals surface area contributed by atoms with E-state index >= 15 is 0 Å². The van der Waals surface area contributed by atoms with Crippen LogP contribution in [0.4, 0.5) is 0 Å². The van der Waals surface area contributed by atoms with Crippen LogP contribution in [0.15, 0.2) is 0 Å². The lowest BCUT2D eigenvalue weighted by atomic mass is 9.78. The number of hydrogen-bond donors (Lipinski definition) is 0. The van der Waals surface area contributed by atoms with Gasteiger partial charge >= 0.3 is 11.9 Å². The van der Waals surface area contributed by atoms with E-state index in [1.807, 2.05) is 0 Å². The second kappa shape index (κ2) is 4.76. The van der Waals surface area contributed by atoms with E-state index in [2.05, 4.69) is 34.6 Å². The molecule has 1 heterocycles. The maximum absolute atomic E-state index is 13.1. The molecule has 4 aliphatic rings. The standard InChI is InChI=1S/C20H30O4/c1-18(2,3)9-20(10-19(20,4)5)17(22)24-14-7-11-6-12(14)13-8-23-16(21)15(11)13/h11-15H,6-10H2,1-5H3. The number of cyclic esters (lactones) is 1. The van der Waals surface area contributed by atoms with Crippen LogP contribution in [0.5, 0.6) is 0 Å². The monoisotopic (exact) mass is 334 g/mol. The molecule has 0 aromatic heterocycles. The van der Waals surface area contributed by atoms with Crippen molar-refractivity contribution < 1.29 is 19.1 Å².